The lowest BCUT2D eigenvalue weighted by Gasteiger charge is -2.16. The van der Waals surface area contributed by atoms with Crippen molar-refractivity contribution in [1.29, 1.82) is 0 Å². The summed E-state index contributed by atoms with van der Waals surface area (Å²) in [5.74, 6) is -0.346. The van der Waals surface area contributed by atoms with Crippen LogP contribution in [0.4, 0.5) is 0 Å². The van der Waals surface area contributed by atoms with E-state index in [1.807, 2.05) is 7.05 Å². The van der Waals surface area contributed by atoms with Crippen LogP contribution in [0.2, 0.25) is 0 Å². The summed E-state index contributed by atoms with van der Waals surface area (Å²) >= 11 is 0. The summed E-state index contributed by atoms with van der Waals surface area (Å²) in [7, 11) is 2.00. The molecule has 0 saturated heterocycles. The second-order valence-corrected chi connectivity index (χ2v) is 5.87. The molecule has 1 aromatic heterocycles. The van der Waals surface area contributed by atoms with Gasteiger partial charge in [0, 0.05) is 13.1 Å². The zero-order chi connectivity index (χ0) is 17.5. The normalized spacial score (nSPS) is 11.1. The Kier molecular flexibility index (Phi) is 6.31. The van der Waals surface area contributed by atoms with Crippen LogP contribution in [0.3, 0.4) is 0 Å². The van der Waals surface area contributed by atoms with Gasteiger partial charge >= 0.3 is 5.69 Å². The largest absolute Gasteiger partial charge is 0.353 e. The Balaban J connectivity index is 1.98. The molecule has 0 bridgehead atoms. The number of aromatic amines is 1. The van der Waals surface area contributed by atoms with Crippen molar-refractivity contribution in [2.75, 3.05) is 26.7 Å². The fourth-order valence-corrected chi connectivity index (χ4v) is 2.47. The van der Waals surface area contributed by atoms with E-state index in [4.69, 9.17) is 0 Å². The molecule has 0 saturated carbocycles. The number of nitrogens with one attached hydrogen (secondary N) is 2. The van der Waals surface area contributed by atoms with Crippen molar-refractivity contribution in [2.24, 2.45) is 0 Å². The second-order valence-electron chi connectivity index (χ2n) is 5.87. The summed E-state index contributed by atoms with van der Waals surface area (Å²) in [6.45, 7) is 4.05. The van der Waals surface area contributed by atoms with Gasteiger partial charge in [0.05, 0.1) is 10.9 Å². The molecule has 0 atom stereocenters. The molecule has 0 spiro atoms. The van der Waals surface area contributed by atoms with Gasteiger partial charge in [0.25, 0.3) is 5.56 Å². The monoisotopic (exact) mass is 332 g/mol. The molecule has 0 radical (unpaired) electrons. The first kappa shape index (κ1) is 17.9. The number of carbonyl (C=O) groups is 1. The van der Waals surface area contributed by atoms with E-state index in [0.29, 0.717) is 17.4 Å². The SMILES string of the molecule is CCCCN(C)CCNC(=O)Cn1c(=O)[nH]c2ccccc2c1=O. The standard InChI is InChI=1S/C17H24N4O3/c1-3-4-10-20(2)11-9-18-15(22)12-21-16(23)13-7-5-6-8-14(13)19-17(21)24/h5-8H,3-4,9-12H2,1-2H3,(H,18,22)(H,19,24). The average molecular weight is 332 g/mol. The number of para-hydroxylation sites is 1. The Morgan fingerprint density at radius 3 is 2.75 bits per heavy atom. The van der Waals surface area contributed by atoms with Gasteiger partial charge in [-0.05, 0) is 32.1 Å². The molecule has 1 amide bonds. The topological polar surface area (TPSA) is 87.2 Å². The van der Waals surface area contributed by atoms with E-state index in [1.165, 1.54) is 0 Å². The highest BCUT2D eigenvalue weighted by atomic mass is 16.2. The molecule has 24 heavy (non-hydrogen) atoms. The summed E-state index contributed by atoms with van der Waals surface area (Å²) in [6, 6.07) is 6.75. The first-order valence-electron chi connectivity index (χ1n) is 8.20. The molecule has 1 aromatic carbocycles. The predicted molar refractivity (Wildman–Crippen MR) is 94.2 cm³/mol. The summed E-state index contributed by atoms with van der Waals surface area (Å²) in [5, 5.41) is 3.14. The van der Waals surface area contributed by atoms with E-state index in [-0.39, 0.29) is 12.5 Å². The third kappa shape index (κ3) is 4.55. The summed E-state index contributed by atoms with van der Waals surface area (Å²) in [6.07, 6.45) is 2.25. The number of benzene rings is 1. The quantitative estimate of drug-likeness (QED) is 0.738. The Hall–Kier alpha value is -2.41. The minimum absolute atomic E-state index is 0.280. The van der Waals surface area contributed by atoms with Crippen LogP contribution in [0.1, 0.15) is 19.8 Å². The third-order valence-electron chi connectivity index (χ3n) is 3.90. The van der Waals surface area contributed by atoms with Crippen LogP contribution in [0, 0.1) is 0 Å². The number of fused-ring (bicyclic) bond motifs is 1. The van der Waals surface area contributed by atoms with E-state index in [1.54, 1.807) is 24.3 Å². The van der Waals surface area contributed by atoms with Gasteiger partial charge in [-0.25, -0.2) is 4.79 Å². The number of rotatable bonds is 8. The number of nitrogens with zero attached hydrogens (tertiary/aromatic N) is 2. The van der Waals surface area contributed by atoms with Gasteiger partial charge in [-0.15, -0.1) is 0 Å². The van der Waals surface area contributed by atoms with Gasteiger partial charge in [-0.1, -0.05) is 25.5 Å². The molecule has 2 aromatic rings. The van der Waals surface area contributed by atoms with Crippen LogP contribution in [-0.2, 0) is 11.3 Å². The predicted octanol–water partition coefficient (Wildman–Crippen LogP) is 0.538. The molecule has 2 rings (SSSR count). The maximum atomic E-state index is 12.3. The maximum Gasteiger partial charge on any atom is 0.329 e. The van der Waals surface area contributed by atoms with Crippen molar-refractivity contribution in [2.45, 2.75) is 26.3 Å². The van der Waals surface area contributed by atoms with Crippen molar-refractivity contribution < 1.29 is 4.79 Å². The minimum atomic E-state index is -0.575. The van der Waals surface area contributed by atoms with E-state index in [9.17, 15) is 14.4 Å². The molecule has 0 fully saturated rings. The number of unbranched alkanes of at least 4 members (excludes halogenated alkanes) is 1. The number of aromatic nitrogens is 2. The molecule has 7 nitrogen and oxygen atoms in total. The van der Waals surface area contributed by atoms with Crippen molar-refractivity contribution in [1.82, 2.24) is 19.8 Å². The zero-order valence-corrected chi connectivity index (χ0v) is 14.2. The second kappa shape index (κ2) is 8.44. The van der Waals surface area contributed by atoms with Crippen LogP contribution < -0.4 is 16.6 Å². The fraction of sp³-hybridized carbons (Fsp3) is 0.471. The van der Waals surface area contributed by atoms with Crippen molar-refractivity contribution >= 4 is 16.8 Å². The van der Waals surface area contributed by atoms with Gasteiger partial charge in [0.15, 0.2) is 0 Å². The van der Waals surface area contributed by atoms with E-state index in [0.717, 1.165) is 30.5 Å². The highest BCUT2D eigenvalue weighted by molar-refractivity contribution is 5.78. The Labute approximate surface area is 140 Å². The van der Waals surface area contributed by atoms with E-state index < -0.39 is 11.2 Å². The number of amides is 1. The van der Waals surface area contributed by atoms with Crippen molar-refractivity contribution in [3.63, 3.8) is 0 Å². The third-order valence-corrected chi connectivity index (χ3v) is 3.90. The molecule has 1 heterocycles. The molecule has 7 heteroatoms. The van der Waals surface area contributed by atoms with Crippen LogP contribution in [-0.4, -0.2) is 47.0 Å². The van der Waals surface area contributed by atoms with Gasteiger partial charge in [0.1, 0.15) is 6.54 Å². The molecular formula is C17H24N4O3. The van der Waals surface area contributed by atoms with Gasteiger partial charge in [-0.2, -0.15) is 0 Å². The average Bonchev–Trinajstić information content (AvgIpc) is 2.56. The van der Waals surface area contributed by atoms with Crippen molar-refractivity contribution in [3.05, 3.63) is 45.1 Å². The summed E-state index contributed by atoms with van der Waals surface area (Å²) in [5.41, 5.74) is -0.555. The van der Waals surface area contributed by atoms with Crippen LogP contribution in [0.5, 0.6) is 0 Å². The molecule has 0 aliphatic carbocycles. The van der Waals surface area contributed by atoms with Crippen LogP contribution in [0.15, 0.2) is 33.9 Å². The lowest BCUT2D eigenvalue weighted by Crippen LogP contribution is -2.42. The lowest BCUT2D eigenvalue weighted by atomic mass is 10.2. The van der Waals surface area contributed by atoms with Crippen LogP contribution >= 0.6 is 0 Å². The van der Waals surface area contributed by atoms with E-state index in [2.05, 4.69) is 22.1 Å². The molecule has 0 unspecified atom stereocenters. The number of hydrogen-bond donors (Lipinski definition) is 2. The van der Waals surface area contributed by atoms with Gasteiger partial charge in [-0.3, -0.25) is 14.2 Å². The Morgan fingerprint density at radius 1 is 1.25 bits per heavy atom. The fourth-order valence-electron chi connectivity index (χ4n) is 2.47. The number of carbonyl (C=O) groups excluding carboxylic acids is 1. The molecule has 0 aliphatic rings. The first-order chi connectivity index (χ1) is 11.5. The molecular weight excluding hydrogens is 308 g/mol. The van der Waals surface area contributed by atoms with Crippen molar-refractivity contribution in [3.8, 4) is 0 Å². The zero-order valence-electron chi connectivity index (χ0n) is 14.2. The summed E-state index contributed by atoms with van der Waals surface area (Å²) in [4.78, 5) is 41.1. The van der Waals surface area contributed by atoms with Gasteiger partial charge in [0.2, 0.25) is 5.91 Å². The molecule has 2 N–H and O–H groups in total. The van der Waals surface area contributed by atoms with Gasteiger partial charge < -0.3 is 15.2 Å². The highest BCUT2D eigenvalue weighted by Crippen LogP contribution is 2.02. The first-order valence-corrected chi connectivity index (χ1v) is 8.20. The Bertz CT molecular complexity index is 809. The highest BCUT2D eigenvalue weighted by Gasteiger charge is 2.11. The van der Waals surface area contributed by atoms with E-state index >= 15 is 0 Å². The number of hydrogen-bond acceptors (Lipinski definition) is 4. The van der Waals surface area contributed by atoms with Crippen LogP contribution in [0.25, 0.3) is 10.9 Å². The lowest BCUT2D eigenvalue weighted by molar-refractivity contribution is -0.121. The molecule has 0 aliphatic heterocycles. The molecule has 130 valence electrons. The number of H-pyrrole nitrogens is 1. The minimum Gasteiger partial charge on any atom is -0.353 e. The smallest absolute Gasteiger partial charge is 0.329 e. The maximum absolute atomic E-state index is 12.3. The Morgan fingerprint density at radius 2 is 2.00 bits per heavy atom. The number of likely N-dealkylation sites (N-methyl/N-ethyl adjacent to an activating group) is 1. The summed E-state index contributed by atoms with van der Waals surface area (Å²) < 4.78 is 0.929.